The maximum atomic E-state index is 12.0. The van der Waals surface area contributed by atoms with Gasteiger partial charge >= 0.3 is 11.9 Å². The van der Waals surface area contributed by atoms with Crippen LogP contribution in [0.1, 0.15) is 23.7 Å². The Labute approximate surface area is 148 Å². The molecule has 10 heteroatoms. The van der Waals surface area contributed by atoms with Crippen LogP contribution in [0.15, 0.2) is 18.2 Å². The van der Waals surface area contributed by atoms with E-state index in [0.717, 1.165) is 6.07 Å². The number of carbonyl (C=O) groups excluding carboxylic acids is 2. The zero-order chi connectivity index (χ0) is 19.5. The van der Waals surface area contributed by atoms with Gasteiger partial charge in [-0.2, -0.15) is 0 Å². The van der Waals surface area contributed by atoms with E-state index in [0.29, 0.717) is 13.0 Å². The van der Waals surface area contributed by atoms with E-state index in [-0.39, 0.29) is 30.0 Å². The van der Waals surface area contributed by atoms with Crippen LogP contribution in [0.3, 0.4) is 0 Å². The molecule has 26 heavy (non-hydrogen) atoms. The highest BCUT2D eigenvalue weighted by atomic mass is 16.6. The number of hydrogen-bond donors (Lipinski definition) is 2. The number of hydrogen-bond acceptors (Lipinski definition) is 7. The van der Waals surface area contributed by atoms with Crippen molar-refractivity contribution < 1.29 is 29.2 Å². The summed E-state index contributed by atoms with van der Waals surface area (Å²) < 4.78 is 4.41. The second-order valence-electron chi connectivity index (χ2n) is 6.26. The Hall–Kier alpha value is -3.17. The van der Waals surface area contributed by atoms with E-state index in [4.69, 9.17) is 0 Å². The Balaban J connectivity index is 2.25. The van der Waals surface area contributed by atoms with Gasteiger partial charge in [-0.1, -0.05) is 0 Å². The average molecular weight is 365 g/mol. The fourth-order valence-corrected chi connectivity index (χ4v) is 2.75. The van der Waals surface area contributed by atoms with Gasteiger partial charge in [0.25, 0.3) is 11.6 Å². The van der Waals surface area contributed by atoms with Crippen LogP contribution in [0.5, 0.6) is 0 Å². The Morgan fingerprint density at radius 1 is 1.42 bits per heavy atom. The molecule has 10 nitrogen and oxygen atoms in total. The Kier molecular flexibility index (Phi) is 5.44. The molecule has 2 N–H and O–H groups in total. The number of aliphatic carboxylic acids is 1. The number of nitrogens with zero attached hydrogens (tertiary/aromatic N) is 2. The molecule has 140 valence electrons. The van der Waals surface area contributed by atoms with Crippen molar-refractivity contribution in [3.05, 3.63) is 33.9 Å². The molecule has 0 aromatic heterocycles. The Morgan fingerprint density at radius 3 is 2.65 bits per heavy atom. The topological polar surface area (TPSA) is 139 Å². The number of nitrogens with one attached hydrogen (secondary N) is 1. The zero-order valence-corrected chi connectivity index (χ0v) is 14.4. The van der Waals surface area contributed by atoms with Gasteiger partial charge in [-0.15, -0.1) is 0 Å². The monoisotopic (exact) mass is 365 g/mol. The van der Waals surface area contributed by atoms with Gasteiger partial charge in [-0.25, -0.2) is 0 Å². The number of rotatable bonds is 6. The van der Waals surface area contributed by atoms with Crippen LogP contribution < -0.4 is 10.2 Å². The first kappa shape index (κ1) is 19.2. The lowest BCUT2D eigenvalue weighted by Gasteiger charge is -2.21. The minimum atomic E-state index is -0.982. The van der Waals surface area contributed by atoms with Crippen molar-refractivity contribution in [2.75, 3.05) is 31.6 Å². The van der Waals surface area contributed by atoms with Crippen molar-refractivity contribution >= 4 is 29.2 Å². The number of carbonyl (C=O) groups is 3. The fourth-order valence-electron chi connectivity index (χ4n) is 2.75. The Morgan fingerprint density at radius 2 is 2.12 bits per heavy atom. The molecule has 1 aromatic carbocycles. The van der Waals surface area contributed by atoms with Crippen LogP contribution in [-0.4, -0.2) is 54.6 Å². The number of methoxy groups -OCH3 is 1. The molecular formula is C16H19N3O7. The first-order chi connectivity index (χ1) is 12.2. The molecule has 0 aliphatic carbocycles. The molecule has 1 heterocycles. The van der Waals surface area contributed by atoms with Gasteiger partial charge in [-0.3, -0.25) is 24.5 Å². The predicted octanol–water partition coefficient (Wildman–Crippen LogP) is 0.799. The third-order valence-corrected chi connectivity index (χ3v) is 4.39. The second-order valence-corrected chi connectivity index (χ2v) is 6.26. The summed E-state index contributed by atoms with van der Waals surface area (Å²) in [4.78, 5) is 46.9. The summed E-state index contributed by atoms with van der Waals surface area (Å²) in [7, 11) is 1.18. The molecule has 1 atom stereocenters. The largest absolute Gasteiger partial charge is 0.481 e. The van der Waals surface area contributed by atoms with E-state index in [1.165, 1.54) is 19.2 Å². The van der Waals surface area contributed by atoms with Gasteiger partial charge in [0, 0.05) is 24.7 Å². The molecule has 1 aliphatic heterocycles. The van der Waals surface area contributed by atoms with E-state index in [1.54, 1.807) is 11.8 Å². The number of ether oxygens (including phenoxy) is 1. The van der Waals surface area contributed by atoms with Gasteiger partial charge in [-0.05, 0) is 25.5 Å². The van der Waals surface area contributed by atoms with Crippen molar-refractivity contribution in [1.82, 2.24) is 5.32 Å². The van der Waals surface area contributed by atoms with Crippen molar-refractivity contribution in [2.24, 2.45) is 5.41 Å². The van der Waals surface area contributed by atoms with Gasteiger partial charge in [0.1, 0.15) is 12.2 Å². The summed E-state index contributed by atoms with van der Waals surface area (Å²) in [6, 6.07) is 3.92. The molecular weight excluding hydrogens is 346 g/mol. The van der Waals surface area contributed by atoms with E-state index in [2.05, 4.69) is 10.1 Å². The maximum Gasteiger partial charge on any atom is 0.325 e. The molecule has 1 amide bonds. The molecule has 0 spiro atoms. The third kappa shape index (κ3) is 3.90. The quantitative estimate of drug-likeness (QED) is 0.429. The number of benzene rings is 1. The minimum Gasteiger partial charge on any atom is -0.481 e. The molecule has 0 bridgehead atoms. The zero-order valence-electron chi connectivity index (χ0n) is 14.4. The molecule has 1 fully saturated rings. The third-order valence-electron chi connectivity index (χ3n) is 4.39. The first-order valence-corrected chi connectivity index (χ1v) is 7.80. The van der Waals surface area contributed by atoms with Crippen molar-refractivity contribution in [3.63, 3.8) is 0 Å². The molecule has 1 aromatic rings. The highest BCUT2D eigenvalue weighted by Gasteiger charge is 2.42. The molecule has 1 unspecified atom stereocenters. The van der Waals surface area contributed by atoms with Crippen molar-refractivity contribution in [3.8, 4) is 0 Å². The summed E-state index contributed by atoms with van der Waals surface area (Å²) in [6.07, 6.45) is 0.362. The van der Waals surface area contributed by atoms with Crippen molar-refractivity contribution in [2.45, 2.75) is 13.3 Å². The van der Waals surface area contributed by atoms with Crippen LogP contribution in [0.2, 0.25) is 0 Å². The van der Waals surface area contributed by atoms with E-state index < -0.39 is 28.2 Å². The number of nitro benzene ring substituents is 1. The van der Waals surface area contributed by atoms with Crippen molar-refractivity contribution in [1.29, 1.82) is 0 Å². The number of carboxylic acids is 1. The standard InChI is InChI=1S/C16H19N3O7/c1-16(15(22)23)5-6-18(9-16)11-4-3-10(7-12(11)19(24)25)14(21)17-8-13(20)26-2/h3-4,7H,5-6,8-9H2,1-2H3,(H,17,21)(H,22,23). The van der Waals surface area contributed by atoms with Gasteiger partial charge in [0.2, 0.25) is 0 Å². The summed E-state index contributed by atoms with van der Waals surface area (Å²) in [5, 5.41) is 23.0. The lowest BCUT2D eigenvalue weighted by atomic mass is 9.90. The van der Waals surface area contributed by atoms with Crippen LogP contribution in [0.4, 0.5) is 11.4 Å². The Bertz CT molecular complexity index is 764. The SMILES string of the molecule is COC(=O)CNC(=O)c1ccc(N2CCC(C)(C(=O)O)C2)c([N+](=O)[O-])c1. The second kappa shape index (κ2) is 7.38. The van der Waals surface area contributed by atoms with Crippen LogP contribution >= 0.6 is 0 Å². The smallest absolute Gasteiger partial charge is 0.325 e. The summed E-state index contributed by atoms with van der Waals surface area (Å²) in [5.74, 6) is -2.25. The van der Waals surface area contributed by atoms with E-state index in [1.807, 2.05) is 0 Å². The van der Waals surface area contributed by atoms with Crippen LogP contribution in [0.25, 0.3) is 0 Å². The number of carboxylic acid groups (broad SMARTS) is 1. The van der Waals surface area contributed by atoms with E-state index >= 15 is 0 Å². The normalized spacial score (nSPS) is 19.1. The van der Waals surface area contributed by atoms with Gasteiger partial charge < -0.3 is 20.1 Å². The maximum absolute atomic E-state index is 12.0. The molecule has 1 aliphatic rings. The average Bonchev–Trinajstić information content (AvgIpc) is 3.02. The summed E-state index contributed by atoms with van der Waals surface area (Å²) in [5.41, 5.74) is -1.01. The summed E-state index contributed by atoms with van der Waals surface area (Å²) in [6.45, 7) is 1.73. The molecule has 1 saturated heterocycles. The number of anilines is 1. The molecule has 0 radical (unpaired) electrons. The number of amides is 1. The summed E-state index contributed by atoms with van der Waals surface area (Å²) >= 11 is 0. The van der Waals surface area contributed by atoms with Crippen LogP contribution in [0, 0.1) is 15.5 Å². The lowest BCUT2D eigenvalue weighted by Crippen LogP contribution is -2.32. The lowest BCUT2D eigenvalue weighted by molar-refractivity contribution is -0.384. The van der Waals surface area contributed by atoms with Crippen LogP contribution in [-0.2, 0) is 14.3 Å². The van der Waals surface area contributed by atoms with E-state index in [9.17, 15) is 29.6 Å². The highest BCUT2D eigenvalue weighted by Crippen LogP contribution is 2.37. The highest BCUT2D eigenvalue weighted by molar-refractivity contribution is 5.97. The van der Waals surface area contributed by atoms with Gasteiger partial charge in [0.15, 0.2) is 0 Å². The molecule has 2 rings (SSSR count). The molecule has 0 saturated carbocycles. The fraction of sp³-hybridized carbons (Fsp3) is 0.438. The van der Waals surface area contributed by atoms with Gasteiger partial charge in [0.05, 0.1) is 17.4 Å². The predicted molar refractivity (Wildman–Crippen MR) is 90.0 cm³/mol. The number of nitro groups is 1. The number of esters is 1. The minimum absolute atomic E-state index is 0.0181. The first-order valence-electron chi connectivity index (χ1n) is 7.80.